The fraction of sp³-hybridized carbons (Fsp3) is 0.333. The topological polar surface area (TPSA) is 96.3 Å². The van der Waals surface area contributed by atoms with Gasteiger partial charge in [0.2, 0.25) is 5.91 Å². The van der Waals surface area contributed by atoms with Crippen LogP contribution in [0.3, 0.4) is 0 Å². The van der Waals surface area contributed by atoms with Crippen molar-refractivity contribution in [3.05, 3.63) is 65.2 Å². The van der Waals surface area contributed by atoms with Crippen LogP contribution in [0, 0.1) is 11.3 Å². The van der Waals surface area contributed by atoms with Crippen molar-refractivity contribution in [2.45, 2.75) is 31.6 Å². The van der Waals surface area contributed by atoms with Gasteiger partial charge in [0, 0.05) is 6.04 Å². The van der Waals surface area contributed by atoms with Crippen molar-refractivity contribution < 1.29 is 17.9 Å². The maximum absolute atomic E-state index is 12.2. The number of rotatable bonds is 9. The average molecular weight is 401 g/mol. The van der Waals surface area contributed by atoms with Gasteiger partial charge in [-0.25, -0.2) is 8.42 Å². The first-order chi connectivity index (χ1) is 13.3. The summed E-state index contributed by atoms with van der Waals surface area (Å²) in [7, 11) is -1.97. The van der Waals surface area contributed by atoms with Crippen LogP contribution in [0.5, 0.6) is 5.75 Å². The van der Waals surface area contributed by atoms with Crippen molar-refractivity contribution in [3.63, 3.8) is 0 Å². The van der Waals surface area contributed by atoms with Gasteiger partial charge in [0.05, 0.1) is 24.5 Å². The lowest BCUT2D eigenvalue weighted by Gasteiger charge is -2.14. The van der Waals surface area contributed by atoms with Crippen LogP contribution in [-0.2, 0) is 26.8 Å². The van der Waals surface area contributed by atoms with E-state index in [1.165, 1.54) is 0 Å². The molecular weight excluding hydrogens is 376 g/mol. The molecular formula is C21H24N2O4S. The third-order valence-corrected chi connectivity index (χ3v) is 5.73. The van der Waals surface area contributed by atoms with E-state index < -0.39 is 21.5 Å². The van der Waals surface area contributed by atoms with Crippen LogP contribution in [-0.4, -0.2) is 33.2 Å². The summed E-state index contributed by atoms with van der Waals surface area (Å²) in [5, 5.41) is 11.5. The van der Waals surface area contributed by atoms with Gasteiger partial charge < -0.3 is 10.1 Å². The van der Waals surface area contributed by atoms with Crippen LogP contribution < -0.4 is 10.1 Å². The van der Waals surface area contributed by atoms with Gasteiger partial charge in [-0.1, -0.05) is 24.3 Å². The Morgan fingerprint density at radius 2 is 1.71 bits per heavy atom. The van der Waals surface area contributed by atoms with Crippen molar-refractivity contribution in [1.82, 2.24) is 5.32 Å². The third kappa shape index (κ3) is 7.05. The van der Waals surface area contributed by atoms with Gasteiger partial charge in [-0.15, -0.1) is 0 Å². The predicted octanol–water partition coefficient (Wildman–Crippen LogP) is 2.62. The van der Waals surface area contributed by atoms with Crippen LogP contribution >= 0.6 is 0 Å². The van der Waals surface area contributed by atoms with Gasteiger partial charge >= 0.3 is 0 Å². The maximum Gasteiger partial charge on any atom is 0.235 e. The summed E-state index contributed by atoms with van der Waals surface area (Å²) in [6.07, 6.45) is 1.47. The van der Waals surface area contributed by atoms with Gasteiger partial charge in [-0.2, -0.15) is 5.26 Å². The second kappa shape index (κ2) is 9.90. The van der Waals surface area contributed by atoms with E-state index in [1.807, 2.05) is 37.3 Å². The zero-order chi connectivity index (χ0) is 20.6. The number of ether oxygens (including phenoxy) is 1. The first-order valence-corrected chi connectivity index (χ1v) is 10.7. The Bertz CT molecular complexity index is 930. The van der Waals surface area contributed by atoms with E-state index in [0.29, 0.717) is 17.5 Å². The molecule has 7 heteroatoms. The molecule has 1 N–H and O–H groups in total. The second-order valence-corrected chi connectivity index (χ2v) is 8.76. The number of nitrogens with one attached hydrogen (secondary N) is 1. The number of carbonyl (C=O) groups excluding carboxylic acids is 1. The van der Waals surface area contributed by atoms with Crippen molar-refractivity contribution in [1.29, 1.82) is 5.26 Å². The zero-order valence-corrected chi connectivity index (χ0v) is 16.8. The summed E-state index contributed by atoms with van der Waals surface area (Å²) in [5.74, 6) is -0.500. The summed E-state index contributed by atoms with van der Waals surface area (Å²) in [6, 6.07) is 15.8. The first kappa shape index (κ1) is 21.5. The van der Waals surface area contributed by atoms with Gasteiger partial charge in [0.25, 0.3) is 0 Å². The molecule has 0 spiro atoms. The highest BCUT2D eigenvalue weighted by atomic mass is 32.2. The van der Waals surface area contributed by atoms with Crippen molar-refractivity contribution >= 4 is 15.7 Å². The summed E-state index contributed by atoms with van der Waals surface area (Å²) in [6.45, 7) is 1.86. The SMILES string of the molecule is COc1ccc(CCC(C)NC(=O)CS(=O)(=O)Cc2ccc(C#N)cc2)cc1. The number of carbonyl (C=O) groups is 1. The number of sulfone groups is 1. The molecule has 0 aliphatic rings. The number of methoxy groups -OCH3 is 1. The molecule has 2 aromatic rings. The molecule has 0 radical (unpaired) electrons. The Kier molecular flexibility index (Phi) is 7.59. The lowest BCUT2D eigenvalue weighted by Crippen LogP contribution is -2.37. The monoisotopic (exact) mass is 400 g/mol. The standard InChI is InChI=1S/C21H24N2O4S/c1-16(3-4-17-9-11-20(27-2)12-10-17)23-21(24)15-28(25,26)14-19-7-5-18(13-22)6-8-19/h5-12,16H,3-4,14-15H2,1-2H3,(H,23,24). The molecule has 0 fully saturated rings. The van der Waals surface area contributed by atoms with Crippen LogP contribution in [0.15, 0.2) is 48.5 Å². The Hall–Kier alpha value is -2.85. The normalized spacial score (nSPS) is 12.0. The number of hydrogen-bond donors (Lipinski definition) is 1. The fourth-order valence-corrected chi connectivity index (χ4v) is 4.03. The molecule has 0 aliphatic carbocycles. The lowest BCUT2D eigenvalue weighted by atomic mass is 10.1. The molecule has 1 amide bonds. The predicted molar refractivity (Wildman–Crippen MR) is 108 cm³/mol. The molecule has 0 heterocycles. The lowest BCUT2D eigenvalue weighted by molar-refractivity contribution is -0.119. The van der Waals surface area contributed by atoms with Gasteiger partial charge in [-0.05, 0) is 55.2 Å². The van der Waals surface area contributed by atoms with E-state index in [-0.39, 0.29) is 11.8 Å². The summed E-state index contributed by atoms with van der Waals surface area (Å²) < 4.78 is 29.6. The first-order valence-electron chi connectivity index (χ1n) is 8.93. The molecule has 6 nitrogen and oxygen atoms in total. The summed E-state index contributed by atoms with van der Waals surface area (Å²) in [4.78, 5) is 12.1. The van der Waals surface area contributed by atoms with E-state index >= 15 is 0 Å². The minimum atomic E-state index is -3.58. The molecule has 28 heavy (non-hydrogen) atoms. The highest BCUT2D eigenvalue weighted by Crippen LogP contribution is 2.13. The minimum absolute atomic E-state index is 0.139. The molecule has 0 aliphatic heterocycles. The number of benzene rings is 2. The molecule has 0 bridgehead atoms. The summed E-state index contributed by atoms with van der Waals surface area (Å²) in [5.41, 5.74) is 2.14. The quantitative estimate of drug-likeness (QED) is 0.698. The van der Waals surface area contributed by atoms with Gasteiger partial charge in [0.1, 0.15) is 11.5 Å². The Labute approximate surface area is 166 Å². The van der Waals surface area contributed by atoms with Crippen molar-refractivity contribution in [2.75, 3.05) is 12.9 Å². The van der Waals surface area contributed by atoms with E-state index in [9.17, 15) is 13.2 Å². The van der Waals surface area contributed by atoms with Crippen LogP contribution in [0.1, 0.15) is 30.0 Å². The number of amides is 1. The van der Waals surface area contributed by atoms with E-state index in [4.69, 9.17) is 10.00 Å². The molecule has 2 aromatic carbocycles. The third-order valence-electron chi connectivity index (χ3n) is 4.25. The largest absolute Gasteiger partial charge is 0.497 e. The van der Waals surface area contributed by atoms with Crippen LogP contribution in [0.4, 0.5) is 0 Å². The molecule has 0 aromatic heterocycles. The molecule has 2 rings (SSSR count). The van der Waals surface area contributed by atoms with Crippen molar-refractivity contribution in [2.24, 2.45) is 0 Å². The Morgan fingerprint density at radius 1 is 1.11 bits per heavy atom. The van der Waals surface area contributed by atoms with E-state index in [0.717, 1.165) is 17.7 Å². The van der Waals surface area contributed by atoms with Gasteiger partial charge in [0.15, 0.2) is 9.84 Å². The van der Waals surface area contributed by atoms with Gasteiger partial charge in [-0.3, -0.25) is 4.79 Å². The average Bonchev–Trinajstić information content (AvgIpc) is 2.66. The summed E-state index contributed by atoms with van der Waals surface area (Å²) >= 11 is 0. The van der Waals surface area contributed by atoms with Crippen LogP contribution in [0.25, 0.3) is 0 Å². The second-order valence-electron chi connectivity index (χ2n) is 6.70. The smallest absolute Gasteiger partial charge is 0.235 e. The van der Waals surface area contributed by atoms with Crippen molar-refractivity contribution in [3.8, 4) is 11.8 Å². The maximum atomic E-state index is 12.2. The molecule has 1 unspecified atom stereocenters. The number of hydrogen-bond acceptors (Lipinski definition) is 5. The fourth-order valence-electron chi connectivity index (χ4n) is 2.74. The zero-order valence-electron chi connectivity index (χ0n) is 16.0. The molecule has 0 saturated carbocycles. The highest BCUT2D eigenvalue weighted by molar-refractivity contribution is 7.91. The van der Waals surface area contributed by atoms with Crippen LogP contribution in [0.2, 0.25) is 0 Å². The van der Waals surface area contributed by atoms with E-state index in [1.54, 1.807) is 31.4 Å². The highest BCUT2D eigenvalue weighted by Gasteiger charge is 2.19. The molecule has 148 valence electrons. The molecule has 1 atom stereocenters. The number of aryl methyl sites for hydroxylation is 1. The molecule has 0 saturated heterocycles. The number of nitrogens with zero attached hydrogens (tertiary/aromatic N) is 1. The Balaban J connectivity index is 1.81. The minimum Gasteiger partial charge on any atom is -0.497 e. The Morgan fingerprint density at radius 3 is 2.29 bits per heavy atom. The van der Waals surface area contributed by atoms with E-state index in [2.05, 4.69) is 5.32 Å². The number of nitriles is 1.